The van der Waals surface area contributed by atoms with Crippen LogP contribution in [-0.2, 0) is 11.3 Å². The predicted molar refractivity (Wildman–Crippen MR) is 63.8 cm³/mol. The maximum Gasteiger partial charge on any atom is 0.321 e. The summed E-state index contributed by atoms with van der Waals surface area (Å²) in [7, 11) is 0. The van der Waals surface area contributed by atoms with Crippen molar-refractivity contribution in [2.45, 2.75) is 6.61 Å². The lowest BCUT2D eigenvalue weighted by atomic mass is 10.2. The van der Waals surface area contributed by atoms with Gasteiger partial charge in [-0.3, -0.25) is 0 Å². The van der Waals surface area contributed by atoms with Crippen LogP contribution in [0.5, 0.6) is 0 Å². The van der Waals surface area contributed by atoms with Crippen LogP contribution in [0.1, 0.15) is 5.56 Å². The van der Waals surface area contributed by atoms with Crippen LogP contribution in [0.2, 0.25) is 0 Å². The first-order valence-corrected chi connectivity index (χ1v) is 5.63. The molecule has 0 radical (unpaired) electrons. The third-order valence-electron chi connectivity index (χ3n) is 2.66. The largest absolute Gasteiger partial charge is 0.392 e. The summed E-state index contributed by atoms with van der Waals surface area (Å²) in [6.45, 7) is 2.38. The van der Waals surface area contributed by atoms with E-state index in [0.29, 0.717) is 32.0 Å². The molecule has 1 saturated heterocycles. The molecule has 2 rings (SSSR count). The molecule has 1 aliphatic heterocycles. The average molecular weight is 236 g/mol. The molecule has 5 nitrogen and oxygen atoms in total. The lowest BCUT2D eigenvalue weighted by Crippen LogP contribution is -2.43. The zero-order valence-corrected chi connectivity index (χ0v) is 9.56. The van der Waals surface area contributed by atoms with Gasteiger partial charge >= 0.3 is 6.03 Å². The number of aliphatic hydroxyl groups excluding tert-OH is 1. The molecule has 5 heteroatoms. The van der Waals surface area contributed by atoms with Crippen molar-refractivity contribution in [1.82, 2.24) is 4.90 Å². The molecule has 0 aliphatic carbocycles. The van der Waals surface area contributed by atoms with Gasteiger partial charge in [-0.1, -0.05) is 12.1 Å². The van der Waals surface area contributed by atoms with Gasteiger partial charge in [-0.25, -0.2) is 4.79 Å². The molecule has 0 saturated carbocycles. The molecule has 0 unspecified atom stereocenters. The summed E-state index contributed by atoms with van der Waals surface area (Å²) < 4.78 is 5.18. The fourth-order valence-electron chi connectivity index (χ4n) is 1.72. The predicted octanol–water partition coefficient (Wildman–Crippen LogP) is 1.04. The summed E-state index contributed by atoms with van der Waals surface area (Å²) >= 11 is 0. The second kappa shape index (κ2) is 5.65. The van der Waals surface area contributed by atoms with E-state index in [1.54, 1.807) is 23.1 Å². The van der Waals surface area contributed by atoms with E-state index in [-0.39, 0.29) is 12.6 Å². The molecule has 0 aromatic heterocycles. The summed E-state index contributed by atoms with van der Waals surface area (Å²) in [5, 5.41) is 11.8. The quantitative estimate of drug-likeness (QED) is 0.806. The Labute approximate surface area is 100.0 Å². The molecule has 2 amide bonds. The minimum absolute atomic E-state index is 0.0265. The Kier molecular flexibility index (Phi) is 3.95. The molecule has 0 bridgehead atoms. The number of morpholine rings is 1. The third kappa shape index (κ3) is 3.18. The normalized spacial score (nSPS) is 15.7. The number of urea groups is 1. The number of aliphatic hydroxyl groups is 1. The number of ether oxygens (including phenoxy) is 1. The zero-order valence-electron chi connectivity index (χ0n) is 9.56. The maximum atomic E-state index is 11.9. The number of benzene rings is 1. The first-order valence-electron chi connectivity index (χ1n) is 5.63. The lowest BCUT2D eigenvalue weighted by Gasteiger charge is -2.26. The molecule has 1 aromatic rings. The van der Waals surface area contributed by atoms with Crippen molar-refractivity contribution in [1.29, 1.82) is 0 Å². The highest BCUT2D eigenvalue weighted by atomic mass is 16.5. The number of nitrogens with zero attached hydrogens (tertiary/aromatic N) is 1. The van der Waals surface area contributed by atoms with Gasteiger partial charge in [-0.2, -0.15) is 0 Å². The Hall–Kier alpha value is -1.59. The van der Waals surface area contributed by atoms with Crippen LogP contribution in [0.25, 0.3) is 0 Å². The molecule has 0 spiro atoms. The van der Waals surface area contributed by atoms with E-state index in [2.05, 4.69) is 5.32 Å². The molecule has 92 valence electrons. The molecule has 0 atom stereocenters. The van der Waals surface area contributed by atoms with Gasteiger partial charge in [-0.05, 0) is 17.7 Å². The number of carbonyl (C=O) groups is 1. The van der Waals surface area contributed by atoms with Gasteiger partial charge in [0.1, 0.15) is 0 Å². The van der Waals surface area contributed by atoms with Gasteiger partial charge in [0.05, 0.1) is 19.8 Å². The molecule has 2 N–H and O–H groups in total. The minimum atomic E-state index is -0.122. The Bertz CT molecular complexity index is 389. The van der Waals surface area contributed by atoms with Crippen molar-refractivity contribution >= 4 is 11.7 Å². The van der Waals surface area contributed by atoms with Crippen LogP contribution in [0, 0.1) is 0 Å². The molecule has 1 aromatic carbocycles. The van der Waals surface area contributed by atoms with E-state index in [9.17, 15) is 4.79 Å². The molecule has 1 heterocycles. The smallest absolute Gasteiger partial charge is 0.321 e. The van der Waals surface area contributed by atoms with E-state index >= 15 is 0 Å². The second-order valence-corrected chi connectivity index (χ2v) is 3.89. The molecular formula is C12H16N2O3. The van der Waals surface area contributed by atoms with Crippen LogP contribution >= 0.6 is 0 Å². The van der Waals surface area contributed by atoms with Crippen molar-refractivity contribution < 1.29 is 14.6 Å². The number of hydrogen-bond donors (Lipinski definition) is 2. The van der Waals surface area contributed by atoms with E-state index in [4.69, 9.17) is 9.84 Å². The summed E-state index contributed by atoms with van der Waals surface area (Å²) in [6.07, 6.45) is 0. The summed E-state index contributed by atoms with van der Waals surface area (Å²) in [5.41, 5.74) is 1.48. The number of anilines is 1. The number of nitrogens with one attached hydrogen (secondary N) is 1. The Balaban J connectivity index is 1.96. The topological polar surface area (TPSA) is 61.8 Å². The fourth-order valence-corrected chi connectivity index (χ4v) is 1.72. The molecular weight excluding hydrogens is 220 g/mol. The highest BCUT2D eigenvalue weighted by molar-refractivity contribution is 5.89. The van der Waals surface area contributed by atoms with Crippen LogP contribution in [0.3, 0.4) is 0 Å². The second-order valence-electron chi connectivity index (χ2n) is 3.89. The first-order chi connectivity index (χ1) is 8.29. The van der Waals surface area contributed by atoms with E-state index in [1.165, 1.54) is 0 Å². The van der Waals surface area contributed by atoms with Gasteiger partial charge in [-0.15, -0.1) is 0 Å². The van der Waals surface area contributed by atoms with Crippen molar-refractivity contribution in [3.8, 4) is 0 Å². The van der Waals surface area contributed by atoms with E-state index in [1.807, 2.05) is 6.07 Å². The first kappa shape index (κ1) is 11.9. The van der Waals surface area contributed by atoms with Crippen LogP contribution in [0.4, 0.5) is 10.5 Å². The van der Waals surface area contributed by atoms with E-state index < -0.39 is 0 Å². The maximum absolute atomic E-state index is 11.9. The molecule has 1 fully saturated rings. The zero-order chi connectivity index (χ0) is 12.1. The number of hydrogen-bond acceptors (Lipinski definition) is 3. The van der Waals surface area contributed by atoms with Gasteiger partial charge in [0.25, 0.3) is 0 Å². The van der Waals surface area contributed by atoms with Crippen molar-refractivity contribution in [3.05, 3.63) is 29.8 Å². The van der Waals surface area contributed by atoms with Gasteiger partial charge in [0.2, 0.25) is 0 Å². The lowest BCUT2D eigenvalue weighted by molar-refractivity contribution is 0.0564. The highest BCUT2D eigenvalue weighted by Crippen LogP contribution is 2.11. The number of carbonyl (C=O) groups excluding carboxylic acids is 1. The monoisotopic (exact) mass is 236 g/mol. The number of amides is 2. The van der Waals surface area contributed by atoms with Crippen LogP contribution in [0.15, 0.2) is 24.3 Å². The van der Waals surface area contributed by atoms with Gasteiger partial charge < -0.3 is 20.1 Å². The Morgan fingerprint density at radius 2 is 2.18 bits per heavy atom. The van der Waals surface area contributed by atoms with E-state index in [0.717, 1.165) is 5.56 Å². The van der Waals surface area contributed by atoms with Gasteiger partial charge in [0.15, 0.2) is 0 Å². The third-order valence-corrected chi connectivity index (χ3v) is 2.66. The summed E-state index contributed by atoms with van der Waals surface area (Å²) in [6, 6.07) is 7.06. The highest BCUT2D eigenvalue weighted by Gasteiger charge is 2.16. The molecule has 17 heavy (non-hydrogen) atoms. The minimum Gasteiger partial charge on any atom is -0.392 e. The number of rotatable bonds is 2. The SMILES string of the molecule is O=C(Nc1cccc(CO)c1)N1CCOCC1. The van der Waals surface area contributed by atoms with Crippen molar-refractivity contribution in [2.24, 2.45) is 0 Å². The molecule has 1 aliphatic rings. The van der Waals surface area contributed by atoms with Crippen molar-refractivity contribution in [2.75, 3.05) is 31.6 Å². The average Bonchev–Trinajstić information content (AvgIpc) is 2.40. The fraction of sp³-hybridized carbons (Fsp3) is 0.417. The summed E-state index contributed by atoms with van der Waals surface area (Å²) in [4.78, 5) is 13.6. The van der Waals surface area contributed by atoms with Crippen molar-refractivity contribution in [3.63, 3.8) is 0 Å². The van der Waals surface area contributed by atoms with Crippen LogP contribution in [-0.4, -0.2) is 42.3 Å². The Morgan fingerprint density at radius 1 is 1.41 bits per heavy atom. The Morgan fingerprint density at radius 3 is 2.88 bits per heavy atom. The standard InChI is InChI=1S/C12H16N2O3/c15-9-10-2-1-3-11(8-10)13-12(16)14-4-6-17-7-5-14/h1-3,8,15H,4-7,9H2,(H,13,16). The van der Waals surface area contributed by atoms with Crippen LogP contribution < -0.4 is 5.32 Å². The summed E-state index contributed by atoms with van der Waals surface area (Å²) in [5.74, 6) is 0. The van der Waals surface area contributed by atoms with Gasteiger partial charge in [0, 0.05) is 18.8 Å².